The van der Waals surface area contributed by atoms with Crippen LogP contribution in [0.2, 0.25) is 0 Å². The molecule has 21 heavy (non-hydrogen) atoms. The molecule has 1 aromatic rings. The van der Waals surface area contributed by atoms with E-state index in [0.29, 0.717) is 22.7 Å². The van der Waals surface area contributed by atoms with Crippen LogP contribution in [0.4, 0.5) is 5.69 Å². The van der Waals surface area contributed by atoms with Crippen LogP contribution in [0.25, 0.3) is 0 Å². The molecule has 1 aliphatic heterocycles. The summed E-state index contributed by atoms with van der Waals surface area (Å²) in [7, 11) is -1.47. The third-order valence-electron chi connectivity index (χ3n) is 4.26. The van der Waals surface area contributed by atoms with E-state index < -0.39 is 10.0 Å². The van der Waals surface area contributed by atoms with Gasteiger partial charge in [-0.1, -0.05) is 6.42 Å². The third kappa shape index (κ3) is 3.75. The lowest BCUT2D eigenvalue weighted by atomic mass is 10.0. The first-order valence-electron chi connectivity index (χ1n) is 7.38. The van der Waals surface area contributed by atoms with Gasteiger partial charge in [0.05, 0.1) is 4.90 Å². The average Bonchev–Trinajstić information content (AvgIpc) is 2.42. The Labute approximate surface area is 127 Å². The van der Waals surface area contributed by atoms with Crippen molar-refractivity contribution in [2.45, 2.75) is 44.0 Å². The number of nitrogens with two attached hydrogens (primary N) is 1. The lowest BCUT2D eigenvalue weighted by Gasteiger charge is -2.32. The van der Waals surface area contributed by atoms with Gasteiger partial charge < -0.3 is 10.6 Å². The molecule has 1 saturated heterocycles. The van der Waals surface area contributed by atoms with Gasteiger partial charge >= 0.3 is 0 Å². The van der Waals surface area contributed by atoms with E-state index in [1.807, 2.05) is 14.0 Å². The molecule has 0 radical (unpaired) electrons. The fourth-order valence-electron chi connectivity index (χ4n) is 2.82. The first-order chi connectivity index (χ1) is 9.81. The van der Waals surface area contributed by atoms with Crippen LogP contribution in [0.5, 0.6) is 0 Å². The number of nitrogens with one attached hydrogen (secondary N) is 1. The van der Waals surface area contributed by atoms with E-state index in [1.165, 1.54) is 6.42 Å². The Balaban J connectivity index is 2.15. The van der Waals surface area contributed by atoms with Crippen molar-refractivity contribution in [2.24, 2.45) is 0 Å². The average molecular weight is 311 g/mol. The standard InChI is InChI=1S/C15H25N3O2S/c1-11-8-14(16)12(2)15(9-11)21(19,20)17-10-13-6-4-5-7-18(13)3/h8-9,13,17H,4-7,10,16H2,1-3H3. The van der Waals surface area contributed by atoms with Crippen molar-refractivity contribution in [1.29, 1.82) is 0 Å². The molecule has 1 heterocycles. The van der Waals surface area contributed by atoms with Crippen LogP contribution in [-0.4, -0.2) is 39.5 Å². The molecule has 0 spiro atoms. The molecule has 1 fully saturated rings. The number of sulfonamides is 1. The molecule has 1 atom stereocenters. The van der Waals surface area contributed by atoms with Gasteiger partial charge in [-0.25, -0.2) is 13.1 Å². The topological polar surface area (TPSA) is 75.4 Å². The second-order valence-electron chi connectivity index (χ2n) is 5.96. The van der Waals surface area contributed by atoms with Crippen molar-refractivity contribution in [2.75, 3.05) is 25.9 Å². The van der Waals surface area contributed by atoms with Gasteiger partial charge in [0.15, 0.2) is 0 Å². The molecule has 0 saturated carbocycles. The van der Waals surface area contributed by atoms with Crippen molar-refractivity contribution in [3.63, 3.8) is 0 Å². The molecule has 0 amide bonds. The summed E-state index contributed by atoms with van der Waals surface area (Å²) in [5.74, 6) is 0. The molecule has 1 aromatic carbocycles. The summed E-state index contributed by atoms with van der Waals surface area (Å²) < 4.78 is 27.8. The van der Waals surface area contributed by atoms with Gasteiger partial charge in [-0.2, -0.15) is 0 Å². The van der Waals surface area contributed by atoms with Gasteiger partial charge in [0.25, 0.3) is 0 Å². The van der Waals surface area contributed by atoms with Crippen LogP contribution in [-0.2, 0) is 10.0 Å². The van der Waals surface area contributed by atoms with E-state index >= 15 is 0 Å². The fraction of sp³-hybridized carbons (Fsp3) is 0.600. The molecule has 2 rings (SSSR count). The van der Waals surface area contributed by atoms with Gasteiger partial charge in [-0.15, -0.1) is 0 Å². The molecular weight excluding hydrogens is 286 g/mol. The summed E-state index contributed by atoms with van der Waals surface area (Å²) in [4.78, 5) is 2.52. The van der Waals surface area contributed by atoms with Gasteiger partial charge in [0.2, 0.25) is 10.0 Å². The lowest BCUT2D eigenvalue weighted by molar-refractivity contribution is 0.187. The van der Waals surface area contributed by atoms with E-state index in [4.69, 9.17) is 5.73 Å². The molecular formula is C15H25N3O2S. The summed E-state index contributed by atoms with van der Waals surface area (Å²) in [6, 6.07) is 3.75. The summed E-state index contributed by atoms with van der Waals surface area (Å²) in [6.07, 6.45) is 3.38. The zero-order chi connectivity index (χ0) is 15.6. The van der Waals surface area contributed by atoms with E-state index in [2.05, 4.69) is 9.62 Å². The fourth-order valence-corrected chi connectivity index (χ4v) is 4.25. The van der Waals surface area contributed by atoms with E-state index in [9.17, 15) is 8.42 Å². The Hall–Kier alpha value is -1.11. The Morgan fingerprint density at radius 2 is 2.05 bits per heavy atom. The molecule has 0 bridgehead atoms. The molecule has 0 aliphatic carbocycles. The predicted octanol–water partition coefficient (Wildman–Crippen LogP) is 1.65. The van der Waals surface area contributed by atoms with E-state index in [0.717, 1.165) is 24.9 Å². The number of nitrogens with zero attached hydrogens (tertiary/aromatic N) is 1. The number of aryl methyl sites for hydroxylation is 1. The highest BCUT2D eigenvalue weighted by Crippen LogP contribution is 2.23. The van der Waals surface area contributed by atoms with Crippen LogP contribution in [0.1, 0.15) is 30.4 Å². The van der Waals surface area contributed by atoms with Crippen molar-refractivity contribution < 1.29 is 8.42 Å². The predicted molar refractivity (Wildman–Crippen MR) is 85.8 cm³/mol. The summed E-state index contributed by atoms with van der Waals surface area (Å²) in [6.45, 7) is 5.08. The highest BCUT2D eigenvalue weighted by Gasteiger charge is 2.23. The minimum atomic E-state index is -3.52. The van der Waals surface area contributed by atoms with Crippen LogP contribution < -0.4 is 10.5 Å². The number of anilines is 1. The maximum atomic E-state index is 12.5. The first-order valence-corrected chi connectivity index (χ1v) is 8.86. The van der Waals surface area contributed by atoms with Crippen LogP contribution >= 0.6 is 0 Å². The van der Waals surface area contributed by atoms with Crippen molar-refractivity contribution in [3.05, 3.63) is 23.3 Å². The second-order valence-corrected chi connectivity index (χ2v) is 7.69. The normalized spacial score (nSPS) is 20.6. The quantitative estimate of drug-likeness (QED) is 0.829. The number of nitrogen functional groups attached to an aromatic ring is 1. The Bertz CT molecular complexity index is 614. The molecule has 0 aromatic heterocycles. The molecule has 5 nitrogen and oxygen atoms in total. The van der Waals surface area contributed by atoms with E-state index in [1.54, 1.807) is 19.1 Å². The second kappa shape index (κ2) is 6.34. The largest absolute Gasteiger partial charge is 0.398 e. The minimum Gasteiger partial charge on any atom is -0.398 e. The Morgan fingerprint density at radius 3 is 2.71 bits per heavy atom. The summed E-state index contributed by atoms with van der Waals surface area (Å²) in [5, 5.41) is 0. The number of likely N-dealkylation sites (tertiary alicyclic amines) is 1. The number of rotatable bonds is 4. The molecule has 118 valence electrons. The highest BCUT2D eigenvalue weighted by molar-refractivity contribution is 7.89. The Kier molecular flexibility index (Phi) is 4.91. The number of hydrogen-bond acceptors (Lipinski definition) is 4. The van der Waals surface area contributed by atoms with Crippen molar-refractivity contribution in [1.82, 2.24) is 9.62 Å². The molecule has 3 N–H and O–H groups in total. The zero-order valence-corrected chi connectivity index (χ0v) is 13.8. The summed E-state index contributed by atoms with van der Waals surface area (Å²) >= 11 is 0. The van der Waals surface area contributed by atoms with Gasteiger partial charge in [-0.3, -0.25) is 0 Å². The lowest BCUT2D eigenvalue weighted by Crippen LogP contribution is -2.44. The molecule has 1 unspecified atom stereocenters. The Morgan fingerprint density at radius 1 is 1.33 bits per heavy atom. The molecule has 6 heteroatoms. The van der Waals surface area contributed by atoms with Crippen LogP contribution in [0, 0.1) is 13.8 Å². The number of likely N-dealkylation sites (N-methyl/N-ethyl adjacent to an activating group) is 1. The SMILES string of the molecule is Cc1cc(N)c(C)c(S(=O)(=O)NCC2CCCCN2C)c1. The highest BCUT2D eigenvalue weighted by atomic mass is 32.2. The summed E-state index contributed by atoms with van der Waals surface area (Å²) in [5.41, 5.74) is 7.87. The monoisotopic (exact) mass is 311 g/mol. The van der Waals surface area contributed by atoms with Crippen LogP contribution in [0.3, 0.4) is 0 Å². The number of piperidine rings is 1. The van der Waals surface area contributed by atoms with Crippen molar-refractivity contribution in [3.8, 4) is 0 Å². The minimum absolute atomic E-state index is 0.274. The number of benzene rings is 1. The van der Waals surface area contributed by atoms with Gasteiger partial charge in [0.1, 0.15) is 0 Å². The van der Waals surface area contributed by atoms with Crippen molar-refractivity contribution >= 4 is 15.7 Å². The van der Waals surface area contributed by atoms with Crippen LogP contribution in [0.15, 0.2) is 17.0 Å². The van der Waals surface area contributed by atoms with Gasteiger partial charge in [-0.05, 0) is 63.5 Å². The third-order valence-corrected chi connectivity index (χ3v) is 5.81. The zero-order valence-electron chi connectivity index (χ0n) is 13.0. The van der Waals surface area contributed by atoms with Gasteiger partial charge in [0, 0.05) is 18.3 Å². The smallest absolute Gasteiger partial charge is 0.240 e. The number of hydrogen-bond donors (Lipinski definition) is 2. The maximum Gasteiger partial charge on any atom is 0.240 e. The first kappa shape index (κ1) is 16.3. The van der Waals surface area contributed by atoms with E-state index in [-0.39, 0.29) is 6.04 Å². The molecule has 1 aliphatic rings. The maximum absolute atomic E-state index is 12.5.